The second-order valence-electron chi connectivity index (χ2n) is 4.21. The monoisotopic (exact) mass is 320 g/mol. The predicted octanol–water partition coefficient (Wildman–Crippen LogP) is 4.14. The summed E-state index contributed by atoms with van der Waals surface area (Å²) in [6.07, 6.45) is 2.86. The number of nitrogens with zero attached hydrogens (tertiary/aromatic N) is 1. The van der Waals surface area contributed by atoms with Crippen LogP contribution < -0.4 is 10.1 Å². The van der Waals surface area contributed by atoms with Crippen LogP contribution in [-0.4, -0.2) is 11.5 Å². The van der Waals surface area contributed by atoms with E-state index in [9.17, 15) is 0 Å². The van der Waals surface area contributed by atoms with Gasteiger partial charge < -0.3 is 10.1 Å². The van der Waals surface area contributed by atoms with Crippen molar-refractivity contribution in [2.45, 2.75) is 19.9 Å². The maximum Gasteiger partial charge on any atom is 0.223 e. The molecule has 19 heavy (non-hydrogen) atoms. The number of hydrogen-bond donors (Lipinski definition) is 1. The van der Waals surface area contributed by atoms with Crippen molar-refractivity contribution in [1.29, 1.82) is 0 Å². The molecular formula is C15H17BrN2O. The maximum atomic E-state index is 5.82. The smallest absolute Gasteiger partial charge is 0.223 e. The van der Waals surface area contributed by atoms with Crippen molar-refractivity contribution in [2.75, 3.05) is 6.54 Å². The van der Waals surface area contributed by atoms with Crippen LogP contribution in [-0.2, 0) is 6.54 Å². The number of halogens is 1. The van der Waals surface area contributed by atoms with E-state index in [1.807, 2.05) is 36.4 Å². The van der Waals surface area contributed by atoms with Gasteiger partial charge in [0, 0.05) is 22.8 Å². The van der Waals surface area contributed by atoms with Crippen LogP contribution in [0.4, 0.5) is 0 Å². The van der Waals surface area contributed by atoms with Crippen LogP contribution in [0.25, 0.3) is 0 Å². The Bertz CT molecular complexity index is 517. The summed E-state index contributed by atoms with van der Waals surface area (Å²) in [6, 6.07) is 11.7. The molecule has 2 aromatic rings. The third kappa shape index (κ3) is 4.33. The van der Waals surface area contributed by atoms with E-state index >= 15 is 0 Å². The molecule has 2 rings (SSSR count). The van der Waals surface area contributed by atoms with E-state index in [2.05, 4.69) is 33.2 Å². The molecule has 3 nitrogen and oxygen atoms in total. The molecule has 0 aliphatic carbocycles. The first-order chi connectivity index (χ1) is 9.29. The molecule has 0 saturated carbocycles. The van der Waals surface area contributed by atoms with Gasteiger partial charge in [-0.25, -0.2) is 4.98 Å². The highest BCUT2D eigenvalue weighted by Crippen LogP contribution is 2.25. The Balaban J connectivity index is 2.14. The largest absolute Gasteiger partial charge is 0.439 e. The minimum Gasteiger partial charge on any atom is -0.439 e. The quantitative estimate of drug-likeness (QED) is 0.812. The van der Waals surface area contributed by atoms with Gasteiger partial charge in [0.05, 0.1) is 0 Å². The zero-order valence-electron chi connectivity index (χ0n) is 10.9. The van der Waals surface area contributed by atoms with Crippen LogP contribution in [0.2, 0.25) is 0 Å². The van der Waals surface area contributed by atoms with Crippen LogP contribution in [0.1, 0.15) is 18.9 Å². The van der Waals surface area contributed by atoms with Crippen LogP contribution in [0.5, 0.6) is 11.6 Å². The summed E-state index contributed by atoms with van der Waals surface area (Å²) in [5.74, 6) is 1.45. The Morgan fingerprint density at radius 2 is 2.05 bits per heavy atom. The Morgan fingerprint density at radius 3 is 2.79 bits per heavy atom. The number of hydrogen-bond acceptors (Lipinski definition) is 3. The fourth-order valence-corrected chi connectivity index (χ4v) is 2.07. The molecule has 0 aliphatic heterocycles. The third-order valence-electron chi connectivity index (χ3n) is 2.59. The minimum absolute atomic E-state index is 0.651. The molecule has 0 bridgehead atoms. The lowest BCUT2D eigenvalue weighted by molar-refractivity contribution is 0.452. The van der Waals surface area contributed by atoms with E-state index in [0.29, 0.717) is 5.88 Å². The topological polar surface area (TPSA) is 34.2 Å². The number of ether oxygens (including phenoxy) is 1. The first-order valence-corrected chi connectivity index (χ1v) is 7.17. The summed E-state index contributed by atoms with van der Waals surface area (Å²) in [7, 11) is 0. The average molecular weight is 321 g/mol. The molecule has 0 radical (unpaired) electrons. The van der Waals surface area contributed by atoms with Gasteiger partial charge in [-0.2, -0.15) is 0 Å². The van der Waals surface area contributed by atoms with Crippen molar-refractivity contribution in [1.82, 2.24) is 10.3 Å². The Morgan fingerprint density at radius 1 is 1.26 bits per heavy atom. The second kappa shape index (κ2) is 7.26. The van der Waals surface area contributed by atoms with E-state index in [1.165, 1.54) is 0 Å². The molecule has 0 atom stereocenters. The van der Waals surface area contributed by atoms with E-state index in [0.717, 1.165) is 35.3 Å². The first kappa shape index (κ1) is 14.0. The van der Waals surface area contributed by atoms with Gasteiger partial charge in [-0.05, 0) is 47.1 Å². The van der Waals surface area contributed by atoms with Crippen molar-refractivity contribution in [3.05, 3.63) is 52.6 Å². The lowest BCUT2D eigenvalue weighted by atomic mass is 10.2. The van der Waals surface area contributed by atoms with Crippen molar-refractivity contribution >= 4 is 15.9 Å². The van der Waals surface area contributed by atoms with E-state index < -0.39 is 0 Å². The van der Waals surface area contributed by atoms with Crippen molar-refractivity contribution < 1.29 is 4.74 Å². The van der Waals surface area contributed by atoms with Gasteiger partial charge in [0.1, 0.15) is 5.75 Å². The van der Waals surface area contributed by atoms with Gasteiger partial charge in [-0.15, -0.1) is 0 Å². The van der Waals surface area contributed by atoms with Gasteiger partial charge in [-0.3, -0.25) is 0 Å². The van der Waals surface area contributed by atoms with Crippen LogP contribution in [0.15, 0.2) is 47.1 Å². The number of pyridine rings is 1. The fourth-order valence-electron chi connectivity index (χ4n) is 1.69. The van der Waals surface area contributed by atoms with Crippen LogP contribution >= 0.6 is 15.9 Å². The third-order valence-corrected chi connectivity index (χ3v) is 3.03. The van der Waals surface area contributed by atoms with Gasteiger partial charge in [-0.1, -0.05) is 25.1 Å². The summed E-state index contributed by atoms with van der Waals surface area (Å²) in [5, 5.41) is 3.36. The molecule has 0 aliphatic rings. The molecule has 0 spiro atoms. The Labute approximate surface area is 122 Å². The van der Waals surface area contributed by atoms with Gasteiger partial charge >= 0.3 is 0 Å². The van der Waals surface area contributed by atoms with E-state index in [4.69, 9.17) is 4.74 Å². The molecular weight excluding hydrogens is 304 g/mol. The molecule has 0 saturated heterocycles. The number of aromatic nitrogens is 1. The summed E-state index contributed by atoms with van der Waals surface area (Å²) in [4.78, 5) is 4.34. The predicted molar refractivity (Wildman–Crippen MR) is 80.5 cm³/mol. The summed E-state index contributed by atoms with van der Waals surface area (Å²) in [5.41, 5.74) is 1.05. The highest BCUT2D eigenvalue weighted by atomic mass is 79.9. The Hall–Kier alpha value is -1.39. The summed E-state index contributed by atoms with van der Waals surface area (Å²) < 4.78 is 6.78. The first-order valence-electron chi connectivity index (χ1n) is 6.37. The fraction of sp³-hybridized carbons (Fsp3) is 0.267. The molecule has 0 unspecified atom stereocenters. The highest BCUT2D eigenvalue weighted by molar-refractivity contribution is 9.10. The molecule has 4 heteroatoms. The highest BCUT2D eigenvalue weighted by Gasteiger charge is 2.07. The van der Waals surface area contributed by atoms with E-state index in [1.54, 1.807) is 6.20 Å². The van der Waals surface area contributed by atoms with Gasteiger partial charge in [0.15, 0.2) is 0 Å². The standard InChI is InChI=1S/C15H17BrN2O/c1-2-8-17-10-12-9-13(16)11-18-15(12)19-14-6-4-3-5-7-14/h3-7,9,11,17H,2,8,10H2,1H3. The van der Waals surface area contributed by atoms with E-state index in [-0.39, 0.29) is 0 Å². The van der Waals surface area contributed by atoms with Gasteiger partial charge in [0.25, 0.3) is 0 Å². The van der Waals surface area contributed by atoms with Crippen molar-refractivity contribution in [2.24, 2.45) is 0 Å². The Kier molecular flexibility index (Phi) is 5.36. The zero-order valence-corrected chi connectivity index (χ0v) is 12.5. The normalized spacial score (nSPS) is 10.4. The minimum atomic E-state index is 0.651. The zero-order chi connectivity index (χ0) is 13.5. The molecule has 1 aromatic heterocycles. The summed E-state index contributed by atoms with van der Waals surface area (Å²) >= 11 is 3.44. The average Bonchev–Trinajstić information content (AvgIpc) is 2.43. The number of para-hydroxylation sites is 1. The number of benzene rings is 1. The number of nitrogens with one attached hydrogen (secondary N) is 1. The molecule has 0 amide bonds. The second-order valence-corrected chi connectivity index (χ2v) is 5.13. The SMILES string of the molecule is CCCNCc1cc(Br)cnc1Oc1ccccc1. The lowest BCUT2D eigenvalue weighted by Crippen LogP contribution is -2.14. The van der Waals surface area contributed by atoms with Crippen molar-refractivity contribution in [3.8, 4) is 11.6 Å². The molecule has 1 aromatic carbocycles. The van der Waals surface area contributed by atoms with Gasteiger partial charge in [0.2, 0.25) is 5.88 Å². The number of rotatable bonds is 6. The molecule has 1 heterocycles. The molecule has 0 fully saturated rings. The molecule has 1 N–H and O–H groups in total. The molecule has 100 valence electrons. The lowest BCUT2D eigenvalue weighted by Gasteiger charge is -2.11. The summed E-state index contributed by atoms with van der Waals surface area (Å²) in [6.45, 7) is 3.88. The maximum absolute atomic E-state index is 5.82. The van der Waals surface area contributed by atoms with Crippen LogP contribution in [0, 0.1) is 0 Å². The van der Waals surface area contributed by atoms with Crippen LogP contribution in [0.3, 0.4) is 0 Å². The van der Waals surface area contributed by atoms with Crippen molar-refractivity contribution in [3.63, 3.8) is 0 Å².